The Balaban J connectivity index is 1.83. The number of rotatable bonds is 4. The lowest BCUT2D eigenvalue weighted by Gasteiger charge is -2.30. The second-order valence-corrected chi connectivity index (χ2v) is 6.54. The van der Waals surface area contributed by atoms with E-state index in [9.17, 15) is 4.79 Å². The maximum Gasteiger partial charge on any atom is 0.253 e. The van der Waals surface area contributed by atoms with Gasteiger partial charge in [0.05, 0.1) is 11.1 Å². The minimum atomic E-state index is -0.0604. The zero-order chi connectivity index (χ0) is 16.2. The molecule has 0 saturated heterocycles. The summed E-state index contributed by atoms with van der Waals surface area (Å²) in [4.78, 5) is 17.3. The molecule has 0 aliphatic heterocycles. The number of nitrogens with zero attached hydrogens (tertiary/aromatic N) is 1. The Kier molecular flexibility index (Phi) is 4.91. The van der Waals surface area contributed by atoms with Crippen molar-refractivity contribution in [2.45, 2.75) is 45.1 Å². The molecule has 3 N–H and O–H groups in total. The van der Waals surface area contributed by atoms with Gasteiger partial charge in [-0.2, -0.15) is 0 Å². The summed E-state index contributed by atoms with van der Waals surface area (Å²) in [6, 6.07) is 9.78. The van der Waals surface area contributed by atoms with Crippen LogP contribution >= 0.6 is 0 Å². The quantitative estimate of drug-likeness (QED) is 0.911. The van der Waals surface area contributed by atoms with E-state index in [0.717, 1.165) is 29.4 Å². The summed E-state index contributed by atoms with van der Waals surface area (Å²) in [7, 11) is 0. The van der Waals surface area contributed by atoms with Gasteiger partial charge in [-0.25, -0.2) is 0 Å². The fraction of sp³-hybridized carbons (Fsp3) is 0.474. The van der Waals surface area contributed by atoms with Gasteiger partial charge in [0.25, 0.3) is 5.91 Å². The molecule has 0 bridgehead atoms. The minimum Gasteiger partial charge on any atom is -0.348 e. The molecule has 1 fully saturated rings. The summed E-state index contributed by atoms with van der Waals surface area (Å²) in [6.07, 6.45) is 6.11. The average Bonchev–Trinajstić information content (AvgIpc) is 2.59. The standard InChI is InChI=1S/C19H25N3O/c1-13-10-11-15-8-5-9-16(18(15)21-13)19(23)22-17(12-20)14-6-3-2-4-7-14/h5,8-11,14,17H,2-4,6-7,12,20H2,1H3,(H,22,23). The number of benzene rings is 1. The third kappa shape index (κ3) is 3.53. The summed E-state index contributed by atoms with van der Waals surface area (Å²) in [5.74, 6) is 0.442. The van der Waals surface area contributed by atoms with Crippen molar-refractivity contribution >= 4 is 16.8 Å². The van der Waals surface area contributed by atoms with E-state index in [0.29, 0.717) is 18.0 Å². The van der Waals surface area contributed by atoms with Crippen LogP contribution in [-0.4, -0.2) is 23.5 Å². The molecule has 1 atom stereocenters. The second-order valence-electron chi connectivity index (χ2n) is 6.54. The largest absolute Gasteiger partial charge is 0.348 e. The van der Waals surface area contributed by atoms with Crippen LogP contribution in [0.4, 0.5) is 0 Å². The molecule has 1 aliphatic rings. The molecule has 1 saturated carbocycles. The van der Waals surface area contributed by atoms with Crippen LogP contribution in [-0.2, 0) is 0 Å². The van der Waals surface area contributed by atoms with Crippen molar-refractivity contribution in [2.75, 3.05) is 6.54 Å². The highest BCUT2D eigenvalue weighted by atomic mass is 16.1. The first-order valence-corrected chi connectivity index (χ1v) is 8.56. The Hall–Kier alpha value is -1.94. The molecule has 23 heavy (non-hydrogen) atoms. The monoisotopic (exact) mass is 311 g/mol. The van der Waals surface area contributed by atoms with Gasteiger partial charge in [-0.3, -0.25) is 9.78 Å². The Labute approximate surface area is 137 Å². The van der Waals surface area contributed by atoms with Gasteiger partial charge >= 0.3 is 0 Å². The summed E-state index contributed by atoms with van der Waals surface area (Å²) < 4.78 is 0. The van der Waals surface area contributed by atoms with Crippen LogP contribution in [0.5, 0.6) is 0 Å². The van der Waals surface area contributed by atoms with E-state index in [1.165, 1.54) is 19.3 Å². The number of nitrogens with two attached hydrogens (primary N) is 1. The number of carbonyl (C=O) groups excluding carboxylic acids is 1. The minimum absolute atomic E-state index is 0.0582. The summed E-state index contributed by atoms with van der Waals surface area (Å²) in [5.41, 5.74) is 8.26. The van der Waals surface area contributed by atoms with Gasteiger partial charge in [0.1, 0.15) is 0 Å². The number of carbonyl (C=O) groups is 1. The van der Waals surface area contributed by atoms with Crippen molar-refractivity contribution in [3.8, 4) is 0 Å². The van der Waals surface area contributed by atoms with Crippen molar-refractivity contribution in [2.24, 2.45) is 11.7 Å². The number of aryl methyl sites for hydroxylation is 1. The number of para-hydroxylation sites is 1. The predicted octanol–water partition coefficient (Wildman–Crippen LogP) is 3.18. The number of fused-ring (bicyclic) bond motifs is 1. The van der Waals surface area contributed by atoms with Crippen LogP contribution < -0.4 is 11.1 Å². The summed E-state index contributed by atoms with van der Waals surface area (Å²) >= 11 is 0. The maximum absolute atomic E-state index is 12.8. The van der Waals surface area contributed by atoms with Crippen molar-refractivity contribution in [3.63, 3.8) is 0 Å². The fourth-order valence-corrected chi connectivity index (χ4v) is 3.58. The van der Waals surface area contributed by atoms with Crippen LogP contribution in [0.2, 0.25) is 0 Å². The van der Waals surface area contributed by atoms with Crippen LogP contribution in [0.3, 0.4) is 0 Å². The highest BCUT2D eigenvalue weighted by Gasteiger charge is 2.25. The van der Waals surface area contributed by atoms with Crippen molar-refractivity contribution in [3.05, 3.63) is 41.6 Å². The number of amides is 1. The Morgan fingerprint density at radius 1 is 1.26 bits per heavy atom. The van der Waals surface area contributed by atoms with Gasteiger partial charge in [-0.1, -0.05) is 37.5 Å². The zero-order valence-corrected chi connectivity index (χ0v) is 13.7. The number of nitrogens with one attached hydrogen (secondary N) is 1. The maximum atomic E-state index is 12.8. The van der Waals surface area contributed by atoms with E-state index < -0.39 is 0 Å². The number of hydrogen-bond acceptors (Lipinski definition) is 3. The number of aromatic nitrogens is 1. The Morgan fingerprint density at radius 3 is 2.78 bits per heavy atom. The molecule has 1 aromatic heterocycles. The number of pyridine rings is 1. The molecule has 0 spiro atoms. The molecule has 1 heterocycles. The van der Waals surface area contributed by atoms with E-state index in [2.05, 4.69) is 10.3 Å². The second kappa shape index (κ2) is 7.09. The summed E-state index contributed by atoms with van der Waals surface area (Å²) in [6.45, 7) is 2.44. The van der Waals surface area contributed by atoms with Gasteiger partial charge in [-0.15, -0.1) is 0 Å². The van der Waals surface area contributed by atoms with Crippen LogP contribution in [0.25, 0.3) is 10.9 Å². The molecular weight excluding hydrogens is 286 g/mol. The molecule has 1 aromatic carbocycles. The molecule has 3 rings (SSSR count). The van der Waals surface area contributed by atoms with Gasteiger partial charge in [0.15, 0.2) is 0 Å². The molecular formula is C19H25N3O. The molecule has 1 unspecified atom stereocenters. The van der Waals surface area contributed by atoms with E-state index in [1.807, 2.05) is 37.3 Å². The van der Waals surface area contributed by atoms with Gasteiger partial charge in [-0.05, 0) is 37.8 Å². The van der Waals surface area contributed by atoms with Crippen LogP contribution in [0.15, 0.2) is 30.3 Å². The van der Waals surface area contributed by atoms with Gasteiger partial charge in [0.2, 0.25) is 0 Å². The lowest BCUT2D eigenvalue weighted by atomic mass is 9.84. The van der Waals surface area contributed by atoms with Crippen molar-refractivity contribution in [1.29, 1.82) is 0 Å². The SMILES string of the molecule is Cc1ccc2cccc(C(=O)NC(CN)C3CCCCC3)c2n1. The normalized spacial score (nSPS) is 17.1. The lowest BCUT2D eigenvalue weighted by molar-refractivity contribution is 0.0917. The van der Waals surface area contributed by atoms with Gasteiger partial charge in [0, 0.05) is 23.7 Å². The highest BCUT2D eigenvalue weighted by Crippen LogP contribution is 2.26. The third-order valence-corrected chi connectivity index (χ3v) is 4.89. The first kappa shape index (κ1) is 15.9. The smallest absolute Gasteiger partial charge is 0.253 e. The molecule has 4 heteroatoms. The van der Waals surface area contributed by atoms with Crippen molar-refractivity contribution < 1.29 is 4.79 Å². The summed E-state index contributed by atoms with van der Waals surface area (Å²) in [5, 5.41) is 4.15. The first-order chi connectivity index (χ1) is 11.2. The first-order valence-electron chi connectivity index (χ1n) is 8.56. The molecule has 1 aliphatic carbocycles. The topological polar surface area (TPSA) is 68.0 Å². The Morgan fingerprint density at radius 2 is 2.04 bits per heavy atom. The van der Waals surface area contributed by atoms with Crippen LogP contribution in [0, 0.1) is 12.8 Å². The Bertz CT molecular complexity index is 692. The van der Waals surface area contributed by atoms with E-state index >= 15 is 0 Å². The fourth-order valence-electron chi connectivity index (χ4n) is 3.58. The van der Waals surface area contributed by atoms with E-state index in [-0.39, 0.29) is 11.9 Å². The zero-order valence-electron chi connectivity index (χ0n) is 13.7. The van der Waals surface area contributed by atoms with Crippen molar-refractivity contribution in [1.82, 2.24) is 10.3 Å². The molecule has 4 nitrogen and oxygen atoms in total. The third-order valence-electron chi connectivity index (χ3n) is 4.89. The number of hydrogen-bond donors (Lipinski definition) is 2. The van der Waals surface area contributed by atoms with Gasteiger partial charge < -0.3 is 11.1 Å². The van der Waals surface area contributed by atoms with E-state index in [1.54, 1.807) is 0 Å². The molecule has 122 valence electrons. The van der Waals surface area contributed by atoms with Crippen LogP contribution in [0.1, 0.15) is 48.2 Å². The average molecular weight is 311 g/mol. The lowest BCUT2D eigenvalue weighted by Crippen LogP contribution is -2.46. The highest BCUT2D eigenvalue weighted by molar-refractivity contribution is 6.05. The van der Waals surface area contributed by atoms with E-state index in [4.69, 9.17) is 5.73 Å². The molecule has 0 radical (unpaired) electrons. The molecule has 1 amide bonds. The molecule has 2 aromatic rings. The predicted molar refractivity (Wildman–Crippen MR) is 93.4 cm³/mol.